The van der Waals surface area contributed by atoms with Crippen LogP contribution in [0.2, 0.25) is 0 Å². The molecular weight excluding hydrogens is 254 g/mol. The maximum atomic E-state index is 11.8. The van der Waals surface area contributed by atoms with E-state index in [0.29, 0.717) is 16.6 Å². The van der Waals surface area contributed by atoms with Crippen molar-refractivity contribution < 1.29 is 14.3 Å². The fourth-order valence-corrected chi connectivity index (χ4v) is 2.09. The summed E-state index contributed by atoms with van der Waals surface area (Å²) < 4.78 is 4.59. The first-order valence-corrected chi connectivity index (χ1v) is 6.36. The molecule has 0 spiro atoms. The van der Waals surface area contributed by atoms with Crippen LogP contribution in [0.3, 0.4) is 0 Å². The SMILES string of the molecule is CCN(C)C(=O)C(C)Nc1ncc(C(=O)OC)s1. The van der Waals surface area contributed by atoms with Crippen LogP contribution in [0.1, 0.15) is 23.5 Å². The lowest BCUT2D eigenvalue weighted by molar-refractivity contribution is -0.130. The topological polar surface area (TPSA) is 71.5 Å². The molecule has 7 heteroatoms. The van der Waals surface area contributed by atoms with Gasteiger partial charge >= 0.3 is 5.97 Å². The summed E-state index contributed by atoms with van der Waals surface area (Å²) in [5, 5.41) is 3.49. The van der Waals surface area contributed by atoms with Gasteiger partial charge in [0.15, 0.2) is 5.13 Å². The highest BCUT2D eigenvalue weighted by atomic mass is 32.1. The predicted molar refractivity (Wildman–Crippen MR) is 69.8 cm³/mol. The molecule has 0 radical (unpaired) electrons. The van der Waals surface area contributed by atoms with Crippen LogP contribution in [-0.2, 0) is 9.53 Å². The molecule has 1 amide bonds. The van der Waals surface area contributed by atoms with Crippen molar-refractivity contribution in [1.29, 1.82) is 0 Å². The first-order chi connectivity index (χ1) is 8.49. The molecule has 1 heterocycles. The molecule has 1 N–H and O–H groups in total. The summed E-state index contributed by atoms with van der Waals surface area (Å²) in [6.07, 6.45) is 1.43. The van der Waals surface area contributed by atoms with Gasteiger partial charge in [0.1, 0.15) is 10.9 Å². The molecular formula is C11H17N3O3S. The minimum atomic E-state index is -0.426. The molecule has 0 bridgehead atoms. The molecule has 1 unspecified atom stereocenters. The van der Waals surface area contributed by atoms with E-state index in [1.807, 2.05) is 6.92 Å². The minimum absolute atomic E-state index is 0.0210. The minimum Gasteiger partial charge on any atom is -0.465 e. The van der Waals surface area contributed by atoms with Gasteiger partial charge in [-0.2, -0.15) is 0 Å². The summed E-state index contributed by atoms with van der Waals surface area (Å²) in [5.74, 6) is -0.447. The third kappa shape index (κ3) is 3.43. The lowest BCUT2D eigenvalue weighted by Gasteiger charge is -2.20. The summed E-state index contributed by atoms with van der Waals surface area (Å²) in [6, 6.07) is -0.383. The van der Waals surface area contributed by atoms with Crippen LogP contribution in [0.25, 0.3) is 0 Å². The number of esters is 1. The van der Waals surface area contributed by atoms with Crippen molar-refractivity contribution in [2.75, 3.05) is 26.0 Å². The molecule has 6 nitrogen and oxygen atoms in total. The van der Waals surface area contributed by atoms with Crippen molar-refractivity contribution >= 4 is 28.3 Å². The van der Waals surface area contributed by atoms with E-state index >= 15 is 0 Å². The van der Waals surface area contributed by atoms with Gasteiger partial charge in [-0.15, -0.1) is 0 Å². The predicted octanol–water partition coefficient (Wildman–Crippen LogP) is 1.21. The zero-order chi connectivity index (χ0) is 13.7. The van der Waals surface area contributed by atoms with Gasteiger partial charge in [-0.3, -0.25) is 4.79 Å². The number of carbonyl (C=O) groups is 2. The first kappa shape index (κ1) is 14.4. The summed E-state index contributed by atoms with van der Waals surface area (Å²) in [5.41, 5.74) is 0. The van der Waals surface area contributed by atoms with Gasteiger partial charge in [0.05, 0.1) is 13.3 Å². The fraction of sp³-hybridized carbons (Fsp3) is 0.545. The van der Waals surface area contributed by atoms with E-state index in [4.69, 9.17) is 0 Å². The number of hydrogen-bond donors (Lipinski definition) is 1. The van der Waals surface area contributed by atoms with Crippen LogP contribution in [-0.4, -0.2) is 48.5 Å². The molecule has 0 aliphatic rings. The van der Waals surface area contributed by atoms with Gasteiger partial charge in [-0.1, -0.05) is 11.3 Å². The Morgan fingerprint density at radius 1 is 1.61 bits per heavy atom. The number of anilines is 1. The molecule has 1 aromatic rings. The van der Waals surface area contributed by atoms with E-state index < -0.39 is 5.97 Å². The zero-order valence-corrected chi connectivity index (χ0v) is 11.7. The molecule has 0 aromatic carbocycles. The molecule has 100 valence electrons. The standard InChI is InChI=1S/C11H17N3O3S/c1-5-14(3)9(15)7(2)13-11-12-6-8(18-11)10(16)17-4/h6-7H,5H2,1-4H3,(H,12,13). The van der Waals surface area contributed by atoms with Gasteiger partial charge in [0, 0.05) is 13.6 Å². The van der Waals surface area contributed by atoms with E-state index in [0.717, 1.165) is 11.3 Å². The molecule has 0 saturated heterocycles. The van der Waals surface area contributed by atoms with Crippen LogP contribution in [0.4, 0.5) is 5.13 Å². The molecule has 18 heavy (non-hydrogen) atoms. The number of nitrogens with one attached hydrogen (secondary N) is 1. The molecule has 1 atom stereocenters. The smallest absolute Gasteiger partial charge is 0.349 e. The number of likely N-dealkylation sites (N-methyl/N-ethyl adjacent to an activating group) is 1. The normalized spacial score (nSPS) is 11.8. The Bertz CT molecular complexity index is 433. The van der Waals surface area contributed by atoms with Gasteiger partial charge in [-0.25, -0.2) is 9.78 Å². The zero-order valence-electron chi connectivity index (χ0n) is 10.9. The van der Waals surface area contributed by atoms with E-state index in [1.54, 1.807) is 18.9 Å². The van der Waals surface area contributed by atoms with Gasteiger partial charge in [0.2, 0.25) is 5.91 Å². The Hall–Kier alpha value is -1.63. The lowest BCUT2D eigenvalue weighted by atomic mass is 10.3. The van der Waals surface area contributed by atoms with Gasteiger partial charge in [0.25, 0.3) is 0 Å². The van der Waals surface area contributed by atoms with E-state index in [9.17, 15) is 9.59 Å². The Balaban J connectivity index is 2.65. The Morgan fingerprint density at radius 2 is 2.28 bits per heavy atom. The van der Waals surface area contributed by atoms with Crippen molar-refractivity contribution in [3.63, 3.8) is 0 Å². The molecule has 0 fully saturated rings. The Labute approximate surface area is 110 Å². The third-order valence-corrected chi connectivity index (χ3v) is 3.36. The maximum Gasteiger partial charge on any atom is 0.349 e. The average molecular weight is 271 g/mol. The highest BCUT2D eigenvalue weighted by Crippen LogP contribution is 2.19. The second kappa shape index (κ2) is 6.34. The fourth-order valence-electron chi connectivity index (χ4n) is 1.27. The molecule has 0 aliphatic heterocycles. The molecule has 0 saturated carbocycles. The van der Waals surface area contributed by atoms with Crippen molar-refractivity contribution in [3.8, 4) is 0 Å². The van der Waals surface area contributed by atoms with Crippen molar-refractivity contribution in [2.24, 2.45) is 0 Å². The lowest BCUT2D eigenvalue weighted by Crippen LogP contribution is -2.38. The number of hydrogen-bond acceptors (Lipinski definition) is 6. The third-order valence-electron chi connectivity index (χ3n) is 2.45. The maximum absolute atomic E-state index is 11.8. The van der Waals surface area contributed by atoms with Crippen molar-refractivity contribution in [3.05, 3.63) is 11.1 Å². The summed E-state index contributed by atoms with van der Waals surface area (Å²) in [6.45, 7) is 4.31. The van der Waals surface area contributed by atoms with Crippen LogP contribution in [0.5, 0.6) is 0 Å². The number of aromatic nitrogens is 1. The second-order valence-electron chi connectivity index (χ2n) is 3.74. The number of carbonyl (C=O) groups excluding carboxylic acids is 2. The van der Waals surface area contributed by atoms with Crippen LogP contribution in [0.15, 0.2) is 6.20 Å². The van der Waals surface area contributed by atoms with Crippen molar-refractivity contribution in [2.45, 2.75) is 19.9 Å². The highest BCUT2D eigenvalue weighted by Gasteiger charge is 2.18. The quantitative estimate of drug-likeness (QED) is 0.815. The van der Waals surface area contributed by atoms with E-state index in [1.165, 1.54) is 13.3 Å². The van der Waals surface area contributed by atoms with E-state index in [2.05, 4.69) is 15.0 Å². The second-order valence-corrected chi connectivity index (χ2v) is 4.77. The number of amides is 1. The number of ether oxygens (including phenoxy) is 1. The first-order valence-electron chi connectivity index (χ1n) is 5.55. The van der Waals surface area contributed by atoms with E-state index in [-0.39, 0.29) is 11.9 Å². The molecule has 1 rings (SSSR count). The average Bonchev–Trinajstić information content (AvgIpc) is 2.84. The van der Waals surface area contributed by atoms with Crippen molar-refractivity contribution in [1.82, 2.24) is 9.88 Å². The van der Waals surface area contributed by atoms with Crippen LogP contribution in [0, 0.1) is 0 Å². The summed E-state index contributed by atoms with van der Waals surface area (Å²) >= 11 is 1.16. The number of nitrogens with zero attached hydrogens (tertiary/aromatic N) is 2. The molecule has 0 aliphatic carbocycles. The number of methoxy groups -OCH3 is 1. The van der Waals surface area contributed by atoms with Crippen LogP contribution < -0.4 is 5.32 Å². The Kier molecular flexibility index (Phi) is 5.08. The number of thiazole rings is 1. The van der Waals surface area contributed by atoms with Crippen LogP contribution >= 0.6 is 11.3 Å². The van der Waals surface area contributed by atoms with Gasteiger partial charge in [-0.05, 0) is 13.8 Å². The molecule has 1 aromatic heterocycles. The largest absolute Gasteiger partial charge is 0.465 e. The summed E-state index contributed by atoms with van der Waals surface area (Å²) in [7, 11) is 3.06. The highest BCUT2D eigenvalue weighted by molar-refractivity contribution is 7.17. The number of rotatable bonds is 5. The van der Waals surface area contributed by atoms with Gasteiger partial charge < -0.3 is 15.0 Å². The summed E-state index contributed by atoms with van der Waals surface area (Å²) in [4.78, 5) is 29.1. The Morgan fingerprint density at radius 3 is 2.83 bits per heavy atom. The monoisotopic (exact) mass is 271 g/mol.